The van der Waals surface area contributed by atoms with E-state index in [1.165, 1.54) is 0 Å². The van der Waals surface area contributed by atoms with Gasteiger partial charge in [-0.3, -0.25) is 4.57 Å². The Morgan fingerprint density at radius 3 is 1.28 bits per heavy atom. The third kappa shape index (κ3) is 5.69. The number of rotatable bonds is 5. The fourth-order valence-corrected chi connectivity index (χ4v) is 8.35. The van der Waals surface area contributed by atoms with Gasteiger partial charge in [0.25, 0.3) is 0 Å². The highest BCUT2D eigenvalue weighted by molar-refractivity contribution is 6.12. The third-order valence-corrected chi connectivity index (χ3v) is 11.1. The average Bonchev–Trinajstić information content (AvgIpc) is 3.83. The van der Waals surface area contributed by atoms with Crippen LogP contribution in [0.3, 0.4) is 0 Å². The van der Waals surface area contributed by atoms with Gasteiger partial charge in [0.15, 0.2) is 0 Å². The van der Waals surface area contributed by atoms with Crippen LogP contribution in [0.4, 0.5) is 0 Å². The van der Waals surface area contributed by atoms with Crippen molar-refractivity contribution >= 4 is 43.6 Å². The highest BCUT2D eigenvalue weighted by atomic mass is 15.1. The highest BCUT2D eigenvalue weighted by Gasteiger charge is 2.21. The van der Waals surface area contributed by atoms with Crippen molar-refractivity contribution < 1.29 is 0 Å². The summed E-state index contributed by atoms with van der Waals surface area (Å²) in [4.78, 5) is 5.23. The summed E-state index contributed by atoms with van der Waals surface area (Å²) < 4.78 is 4.35. The Labute approximate surface area is 343 Å². The summed E-state index contributed by atoms with van der Waals surface area (Å²) in [6, 6.07) is 59.8. The lowest BCUT2D eigenvalue weighted by molar-refractivity contribution is 1.06. The second kappa shape index (κ2) is 14.0. The van der Waals surface area contributed by atoms with E-state index < -0.39 is 0 Å². The first-order chi connectivity index (χ1) is 29.5. The zero-order valence-corrected chi connectivity index (χ0v) is 31.6. The molecule has 0 amide bonds. The van der Waals surface area contributed by atoms with E-state index in [4.69, 9.17) is 4.98 Å². The predicted octanol–water partition coefficient (Wildman–Crippen LogP) is 11.6. The maximum atomic E-state index is 9.76. The number of hydrogen-bond acceptors (Lipinski definition) is 6. The summed E-state index contributed by atoms with van der Waals surface area (Å²) in [5.74, 6) is 0.670. The molecule has 10 aromatic rings. The molecule has 0 fully saturated rings. The lowest BCUT2D eigenvalue weighted by atomic mass is 9.99. The van der Waals surface area contributed by atoms with Crippen molar-refractivity contribution in [3.8, 4) is 75.2 Å². The molecule has 0 aliphatic rings. The number of aromatic nitrogens is 3. The average molecular weight is 763 g/mol. The van der Waals surface area contributed by atoms with Crippen molar-refractivity contribution in [3.63, 3.8) is 0 Å². The molecule has 0 saturated carbocycles. The molecule has 274 valence electrons. The maximum absolute atomic E-state index is 9.76. The summed E-state index contributed by atoms with van der Waals surface area (Å²) >= 11 is 0. The van der Waals surface area contributed by atoms with Crippen molar-refractivity contribution in [3.05, 3.63) is 186 Å². The number of hydrogen-bond donors (Lipinski definition) is 0. The minimum Gasteiger partial charge on any atom is -0.307 e. The van der Waals surface area contributed by atoms with E-state index in [-0.39, 0.29) is 0 Å². The smallest absolute Gasteiger partial charge is 0.138 e. The van der Waals surface area contributed by atoms with E-state index in [1.54, 1.807) is 36.4 Å². The van der Waals surface area contributed by atoms with Gasteiger partial charge in [-0.1, -0.05) is 72.8 Å². The maximum Gasteiger partial charge on any atom is 0.138 e. The molecule has 0 saturated heterocycles. The molecule has 0 spiro atoms. The standard InChI is InChI=1S/C52H26N8/c53-26-32-9-11-37(12-10-32)46-25-52(60-48-8-4-2-6-43(48)45-16-14-39(24-50(45)60)41-21-35(29-56)18-36(22-41)30-57)58-31-51(46)59-47-7-3-1-5-42(47)44-15-13-38(23-49(44)59)40-19-33(27-54)17-34(20-40)28-55/h1-25,31H. The molecule has 0 atom stereocenters. The number of fused-ring (bicyclic) bond motifs is 6. The number of nitrogens with zero attached hydrogens (tertiary/aromatic N) is 8. The number of nitriles is 5. The van der Waals surface area contributed by atoms with Crippen molar-refractivity contribution in [2.45, 2.75) is 0 Å². The van der Waals surface area contributed by atoms with Crippen LogP contribution >= 0.6 is 0 Å². The lowest BCUT2D eigenvalue weighted by Crippen LogP contribution is -2.03. The molecule has 0 radical (unpaired) electrons. The topological polar surface area (TPSA) is 142 Å². The molecule has 0 N–H and O–H groups in total. The van der Waals surface area contributed by atoms with Gasteiger partial charge in [-0.15, -0.1) is 0 Å². The minimum absolute atomic E-state index is 0.410. The zero-order chi connectivity index (χ0) is 40.9. The quantitative estimate of drug-likeness (QED) is 0.171. The van der Waals surface area contributed by atoms with Gasteiger partial charge < -0.3 is 4.57 Å². The van der Waals surface area contributed by atoms with Gasteiger partial charge >= 0.3 is 0 Å². The molecule has 60 heavy (non-hydrogen) atoms. The molecular weight excluding hydrogens is 737 g/mol. The summed E-state index contributed by atoms with van der Waals surface area (Å²) in [6.45, 7) is 0. The molecule has 0 aliphatic carbocycles. The molecule has 10 rings (SSSR count). The van der Waals surface area contributed by atoms with E-state index >= 15 is 0 Å². The highest BCUT2D eigenvalue weighted by Crippen LogP contribution is 2.40. The van der Waals surface area contributed by atoms with Crippen LogP contribution < -0.4 is 0 Å². The Morgan fingerprint density at radius 1 is 0.350 bits per heavy atom. The molecule has 3 heterocycles. The molecule has 0 aliphatic heterocycles. The van der Waals surface area contributed by atoms with Gasteiger partial charge in [-0.25, -0.2) is 4.98 Å². The first-order valence-corrected chi connectivity index (χ1v) is 19.0. The Bertz CT molecular complexity index is 3600. The van der Waals surface area contributed by atoms with Crippen LogP contribution in [-0.4, -0.2) is 14.1 Å². The van der Waals surface area contributed by atoms with Gasteiger partial charge in [0.05, 0.1) is 92.1 Å². The van der Waals surface area contributed by atoms with Crippen LogP contribution in [0, 0.1) is 56.7 Å². The van der Waals surface area contributed by atoms with Gasteiger partial charge in [0.1, 0.15) is 5.82 Å². The first kappa shape index (κ1) is 35.2. The second-order valence-electron chi connectivity index (χ2n) is 14.5. The predicted molar refractivity (Wildman–Crippen MR) is 233 cm³/mol. The van der Waals surface area contributed by atoms with E-state index in [0.717, 1.165) is 82.7 Å². The van der Waals surface area contributed by atoms with Gasteiger partial charge in [0.2, 0.25) is 0 Å². The fraction of sp³-hybridized carbons (Fsp3) is 0. The molecule has 3 aromatic heterocycles. The van der Waals surface area contributed by atoms with Crippen LogP contribution in [0.5, 0.6) is 0 Å². The van der Waals surface area contributed by atoms with E-state index in [1.807, 2.05) is 66.9 Å². The van der Waals surface area contributed by atoms with Gasteiger partial charge in [-0.2, -0.15) is 26.3 Å². The number of pyridine rings is 1. The van der Waals surface area contributed by atoms with Gasteiger partial charge in [0, 0.05) is 27.1 Å². The zero-order valence-electron chi connectivity index (χ0n) is 31.6. The Balaban J connectivity index is 1.25. The van der Waals surface area contributed by atoms with E-state index in [2.05, 4.69) is 94.1 Å². The molecule has 0 unspecified atom stereocenters. The normalized spacial score (nSPS) is 10.9. The molecule has 8 heteroatoms. The second-order valence-corrected chi connectivity index (χ2v) is 14.5. The number of para-hydroxylation sites is 2. The summed E-state index contributed by atoms with van der Waals surface area (Å²) in [7, 11) is 0. The molecule has 0 bridgehead atoms. The SMILES string of the molecule is N#Cc1ccc(-c2cc(-n3c4ccccc4c4ccc(-c5cc(C#N)cc(C#N)c5)cc43)ncc2-n2c3ccccc3c3ccc(-c4cc(C#N)cc(C#N)c4)cc32)cc1. The van der Waals surface area contributed by atoms with Gasteiger partial charge in [-0.05, 0) is 107 Å². The van der Waals surface area contributed by atoms with Crippen molar-refractivity contribution in [2.24, 2.45) is 0 Å². The summed E-state index contributed by atoms with van der Waals surface area (Å²) in [6.07, 6.45) is 1.89. The fourth-order valence-electron chi connectivity index (χ4n) is 8.35. The van der Waals surface area contributed by atoms with Crippen LogP contribution in [-0.2, 0) is 0 Å². The molecular formula is C52H26N8. The molecule has 7 aromatic carbocycles. The van der Waals surface area contributed by atoms with Crippen molar-refractivity contribution in [1.29, 1.82) is 26.3 Å². The Hall–Kier alpha value is -9.26. The van der Waals surface area contributed by atoms with Crippen LogP contribution in [0.15, 0.2) is 158 Å². The van der Waals surface area contributed by atoms with E-state index in [9.17, 15) is 26.3 Å². The monoisotopic (exact) mass is 762 g/mol. The summed E-state index contributed by atoms with van der Waals surface area (Å²) in [5.41, 5.74) is 11.7. The molecule has 8 nitrogen and oxygen atoms in total. The summed E-state index contributed by atoms with van der Waals surface area (Å²) in [5, 5.41) is 52.9. The van der Waals surface area contributed by atoms with Crippen LogP contribution in [0.2, 0.25) is 0 Å². The van der Waals surface area contributed by atoms with Crippen LogP contribution in [0.1, 0.15) is 27.8 Å². The lowest BCUT2D eigenvalue weighted by Gasteiger charge is -2.17. The van der Waals surface area contributed by atoms with E-state index in [0.29, 0.717) is 33.6 Å². The first-order valence-electron chi connectivity index (χ1n) is 19.0. The van der Waals surface area contributed by atoms with Crippen LogP contribution in [0.25, 0.3) is 88.5 Å². The Kier molecular flexibility index (Phi) is 8.23. The van der Waals surface area contributed by atoms with Crippen molar-refractivity contribution in [1.82, 2.24) is 14.1 Å². The third-order valence-electron chi connectivity index (χ3n) is 11.1. The Morgan fingerprint density at radius 2 is 0.783 bits per heavy atom. The largest absolute Gasteiger partial charge is 0.307 e. The van der Waals surface area contributed by atoms with Crippen molar-refractivity contribution in [2.75, 3.05) is 0 Å². The minimum atomic E-state index is 0.410. The number of benzene rings is 7.